The van der Waals surface area contributed by atoms with Gasteiger partial charge in [-0.2, -0.15) is 0 Å². The second kappa shape index (κ2) is 7.98. The van der Waals surface area contributed by atoms with Crippen molar-refractivity contribution in [1.82, 2.24) is 14.8 Å². The van der Waals surface area contributed by atoms with Gasteiger partial charge in [-0.15, -0.1) is 10.2 Å². The van der Waals surface area contributed by atoms with Crippen molar-refractivity contribution in [2.24, 2.45) is 0 Å². The van der Waals surface area contributed by atoms with Crippen molar-refractivity contribution in [2.75, 3.05) is 0 Å². The highest BCUT2D eigenvalue weighted by Gasteiger charge is 2.19. The lowest BCUT2D eigenvalue weighted by atomic mass is 10.2. The Morgan fingerprint density at radius 2 is 1.74 bits per heavy atom. The number of benzene rings is 2. The SMILES string of the molecule is Clc1ccc(-n2c(SCc3ccccc3Cl)nnc2-c2ccco2)cc1Cl. The minimum atomic E-state index is 0.454. The van der Waals surface area contributed by atoms with Crippen LogP contribution in [0.15, 0.2) is 70.4 Å². The minimum Gasteiger partial charge on any atom is -0.461 e. The topological polar surface area (TPSA) is 43.9 Å². The fourth-order valence-electron chi connectivity index (χ4n) is 2.54. The molecule has 0 aliphatic carbocycles. The zero-order valence-electron chi connectivity index (χ0n) is 13.8. The van der Waals surface area contributed by atoms with E-state index in [0.29, 0.717) is 32.5 Å². The Morgan fingerprint density at radius 1 is 0.889 bits per heavy atom. The maximum atomic E-state index is 6.27. The monoisotopic (exact) mass is 435 g/mol. The van der Waals surface area contributed by atoms with Crippen molar-refractivity contribution >= 4 is 46.6 Å². The Balaban J connectivity index is 1.75. The standard InChI is InChI=1S/C19H12Cl3N3OS/c20-14-5-2-1-4-12(14)11-27-19-24-23-18(17-6-3-9-26-17)25(19)13-7-8-15(21)16(22)10-13/h1-10H,11H2. The number of furan rings is 1. The fourth-order valence-corrected chi connectivity index (χ4v) is 4.07. The van der Waals surface area contributed by atoms with Crippen LogP contribution in [0.1, 0.15) is 5.56 Å². The Bertz CT molecular complexity index is 1080. The summed E-state index contributed by atoms with van der Waals surface area (Å²) in [5.74, 6) is 1.84. The summed E-state index contributed by atoms with van der Waals surface area (Å²) in [6, 6.07) is 16.7. The third-order valence-corrected chi connectivity index (χ3v) is 5.94. The largest absolute Gasteiger partial charge is 0.461 e. The summed E-state index contributed by atoms with van der Waals surface area (Å²) in [5.41, 5.74) is 1.81. The van der Waals surface area contributed by atoms with Crippen LogP contribution in [0, 0.1) is 0 Å². The van der Waals surface area contributed by atoms with E-state index in [9.17, 15) is 0 Å². The molecule has 2 aromatic carbocycles. The van der Waals surface area contributed by atoms with Crippen molar-refractivity contribution in [2.45, 2.75) is 10.9 Å². The van der Waals surface area contributed by atoms with Crippen LogP contribution in [0.5, 0.6) is 0 Å². The lowest BCUT2D eigenvalue weighted by Gasteiger charge is -2.10. The molecule has 0 saturated carbocycles. The zero-order valence-corrected chi connectivity index (χ0v) is 16.9. The van der Waals surface area contributed by atoms with Crippen molar-refractivity contribution < 1.29 is 4.42 Å². The van der Waals surface area contributed by atoms with Crippen LogP contribution >= 0.6 is 46.6 Å². The molecule has 0 atom stereocenters. The molecule has 2 aromatic heterocycles. The van der Waals surface area contributed by atoms with Crippen LogP contribution in [-0.4, -0.2) is 14.8 Å². The van der Waals surface area contributed by atoms with E-state index in [4.69, 9.17) is 39.2 Å². The molecule has 4 nitrogen and oxygen atoms in total. The maximum Gasteiger partial charge on any atom is 0.205 e. The first-order valence-electron chi connectivity index (χ1n) is 7.94. The number of halogens is 3. The van der Waals surface area contributed by atoms with Crippen molar-refractivity contribution in [3.63, 3.8) is 0 Å². The van der Waals surface area contributed by atoms with Gasteiger partial charge in [0.25, 0.3) is 0 Å². The first-order chi connectivity index (χ1) is 13.1. The normalized spacial score (nSPS) is 11.1. The van der Waals surface area contributed by atoms with Crippen LogP contribution in [-0.2, 0) is 5.75 Å². The smallest absolute Gasteiger partial charge is 0.205 e. The molecule has 0 aliphatic rings. The van der Waals surface area contributed by atoms with E-state index in [0.717, 1.165) is 16.3 Å². The van der Waals surface area contributed by atoms with Crippen molar-refractivity contribution in [3.8, 4) is 17.3 Å². The molecule has 4 rings (SSSR count). The summed E-state index contributed by atoms with van der Waals surface area (Å²) in [4.78, 5) is 0. The number of rotatable bonds is 5. The second-order valence-corrected chi connectivity index (χ2v) is 7.76. The number of nitrogens with zero attached hydrogens (tertiary/aromatic N) is 3. The molecule has 0 bridgehead atoms. The van der Waals surface area contributed by atoms with Gasteiger partial charge < -0.3 is 4.42 Å². The fraction of sp³-hybridized carbons (Fsp3) is 0.0526. The summed E-state index contributed by atoms with van der Waals surface area (Å²) < 4.78 is 7.41. The summed E-state index contributed by atoms with van der Waals surface area (Å²) in [6.45, 7) is 0. The van der Waals surface area contributed by atoms with Gasteiger partial charge in [0, 0.05) is 10.8 Å². The average molecular weight is 437 g/mol. The van der Waals surface area contributed by atoms with E-state index in [1.54, 1.807) is 24.5 Å². The molecular formula is C19H12Cl3N3OS. The minimum absolute atomic E-state index is 0.454. The summed E-state index contributed by atoms with van der Waals surface area (Å²) in [6.07, 6.45) is 1.60. The molecule has 0 aliphatic heterocycles. The summed E-state index contributed by atoms with van der Waals surface area (Å²) in [7, 11) is 0. The predicted molar refractivity (Wildman–Crippen MR) is 110 cm³/mol. The van der Waals surface area contributed by atoms with Gasteiger partial charge in [0.15, 0.2) is 10.9 Å². The number of aromatic nitrogens is 3. The van der Waals surface area contributed by atoms with Crippen LogP contribution in [0.25, 0.3) is 17.3 Å². The third-order valence-electron chi connectivity index (χ3n) is 3.85. The highest BCUT2D eigenvalue weighted by atomic mass is 35.5. The van der Waals surface area contributed by atoms with Gasteiger partial charge >= 0.3 is 0 Å². The van der Waals surface area contributed by atoms with E-state index in [1.807, 2.05) is 41.0 Å². The first-order valence-corrected chi connectivity index (χ1v) is 10.1. The molecule has 0 spiro atoms. The Morgan fingerprint density at radius 3 is 2.48 bits per heavy atom. The van der Waals surface area contributed by atoms with Gasteiger partial charge in [0.1, 0.15) is 0 Å². The lowest BCUT2D eigenvalue weighted by Crippen LogP contribution is -1.99. The van der Waals surface area contributed by atoms with E-state index in [-0.39, 0.29) is 0 Å². The molecule has 0 radical (unpaired) electrons. The van der Waals surface area contributed by atoms with Crippen LogP contribution in [0.3, 0.4) is 0 Å². The summed E-state index contributed by atoms with van der Waals surface area (Å²) in [5, 5.41) is 11.0. The molecule has 2 heterocycles. The van der Waals surface area contributed by atoms with Gasteiger partial charge in [-0.05, 0) is 42.0 Å². The molecule has 0 N–H and O–H groups in total. The number of hydrogen-bond donors (Lipinski definition) is 0. The molecule has 0 saturated heterocycles. The van der Waals surface area contributed by atoms with E-state index in [1.165, 1.54) is 11.8 Å². The summed E-state index contributed by atoms with van der Waals surface area (Å²) >= 11 is 20.1. The Hall–Kier alpha value is -1.92. The maximum absolute atomic E-state index is 6.27. The molecule has 8 heteroatoms. The van der Waals surface area contributed by atoms with Crippen molar-refractivity contribution in [1.29, 1.82) is 0 Å². The van der Waals surface area contributed by atoms with E-state index < -0.39 is 0 Å². The van der Waals surface area contributed by atoms with Gasteiger partial charge in [0.2, 0.25) is 5.82 Å². The first kappa shape index (κ1) is 18.4. The molecule has 4 aromatic rings. The molecule has 0 unspecified atom stereocenters. The lowest BCUT2D eigenvalue weighted by molar-refractivity contribution is 0.575. The average Bonchev–Trinajstić information content (AvgIpc) is 3.33. The van der Waals surface area contributed by atoms with Crippen LogP contribution < -0.4 is 0 Å². The molecule has 27 heavy (non-hydrogen) atoms. The Labute approximate surface area is 175 Å². The van der Waals surface area contributed by atoms with Crippen molar-refractivity contribution in [3.05, 3.63) is 81.5 Å². The number of hydrogen-bond acceptors (Lipinski definition) is 4. The zero-order chi connectivity index (χ0) is 18.8. The molecule has 0 fully saturated rings. The highest BCUT2D eigenvalue weighted by molar-refractivity contribution is 7.98. The van der Waals surface area contributed by atoms with Gasteiger partial charge in [-0.3, -0.25) is 4.57 Å². The molecule has 0 amide bonds. The predicted octanol–water partition coefficient (Wildman–Crippen LogP) is 6.78. The second-order valence-electron chi connectivity index (χ2n) is 5.60. The Kier molecular flexibility index (Phi) is 5.45. The highest BCUT2D eigenvalue weighted by Crippen LogP contribution is 2.33. The third kappa shape index (κ3) is 3.87. The van der Waals surface area contributed by atoms with Crippen LogP contribution in [0.4, 0.5) is 0 Å². The molecule has 136 valence electrons. The van der Waals surface area contributed by atoms with Gasteiger partial charge in [0.05, 0.1) is 22.0 Å². The molecular weight excluding hydrogens is 425 g/mol. The van der Waals surface area contributed by atoms with Gasteiger partial charge in [-0.25, -0.2) is 0 Å². The van der Waals surface area contributed by atoms with Crippen LogP contribution in [0.2, 0.25) is 15.1 Å². The number of thioether (sulfide) groups is 1. The quantitative estimate of drug-likeness (QED) is 0.323. The van der Waals surface area contributed by atoms with E-state index in [2.05, 4.69) is 10.2 Å². The van der Waals surface area contributed by atoms with E-state index >= 15 is 0 Å². The van der Waals surface area contributed by atoms with Gasteiger partial charge in [-0.1, -0.05) is 64.8 Å².